The highest BCUT2D eigenvalue weighted by Gasteiger charge is 2.37. The van der Waals surface area contributed by atoms with Crippen LogP contribution in [0.1, 0.15) is 38.1 Å². The average Bonchev–Trinajstić information content (AvgIpc) is 3.22. The molecule has 0 saturated heterocycles. The van der Waals surface area contributed by atoms with Crippen LogP contribution in [0.25, 0.3) is 10.9 Å². The molecule has 6 nitrogen and oxygen atoms in total. The standard InChI is InChI=1S/C26H27FN2O4S2/c1-26(2,3)34(30)28-25(24-20(27)14-10-16-23(24)33-4)22-17-18-11-8-9-15-21(18)29(22)35(31,32)19-12-6-5-7-13-19/h5-17,25,28H,1-4H3/t25?,34-/m0/s1. The van der Waals surface area contributed by atoms with E-state index in [0.29, 0.717) is 10.9 Å². The van der Waals surface area contributed by atoms with E-state index in [1.165, 1.54) is 35.3 Å². The predicted octanol–water partition coefficient (Wildman–Crippen LogP) is 5.17. The Morgan fingerprint density at radius 2 is 1.66 bits per heavy atom. The molecule has 1 N–H and O–H groups in total. The zero-order valence-electron chi connectivity index (χ0n) is 19.9. The van der Waals surface area contributed by atoms with Gasteiger partial charge in [-0.15, -0.1) is 4.72 Å². The maximum atomic E-state index is 15.3. The molecule has 1 heterocycles. The van der Waals surface area contributed by atoms with Crippen molar-refractivity contribution in [3.8, 4) is 5.75 Å². The van der Waals surface area contributed by atoms with Crippen molar-refractivity contribution in [2.75, 3.05) is 7.11 Å². The van der Waals surface area contributed by atoms with Crippen LogP contribution in [0.2, 0.25) is 0 Å². The fourth-order valence-electron chi connectivity index (χ4n) is 3.84. The third-order valence-corrected chi connectivity index (χ3v) is 8.89. The van der Waals surface area contributed by atoms with Crippen LogP contribution in [-0.2, 0) is 21.4 Å². The highest BCUT2D eigenvalue weighted by atomic mass is 32.2. The number of fused-ring (bicyclic) bond motifs is 1. The zero-order chi connectivity index (χ0) is 25.4. The van der Waals surface area contributed by atoms with Crippen LogP contribution >= 0.6 is 0 Å². The van der Waals surface area contributed by atoms with Crippen LogP contribution < -0.4 is 9.46 Å². The van der Waals surface area contributed by atoms with Gasteiger partial charge in [-0.25, -0.2) is 16.8 Å². The second-order valence-electron chi connectivity index (χ2n) is 9.00. The summed E-state index contributed by atoms with van der Waals surface area (Å²) in [6, 6.07) is 20.0. The molecule has 9 heteroatoms. The molecule has 0 aliphatic rings. The Balaban J connectivity index is 2.06. The lowest BCUT2D eigenvalue weighted by Crippen LogP contribution is -2.42. The molecule has 3 aromatic carbocycles. The number of halogens is 1. The fraction of sp³-hybridized carbons (Fsp3) is 0.231. The average molecular weight is 515 g/mol. The largest absolute Gasteiger partial charge is 0.598 e. The Morgan fingerprint density at radius 1 is 1.00 bits per heavy atom. The fourth-order valence-corrected chi connectivity index (χ4v) is 6.22. The zero-order valence-corrected chi connectivity index (χ0v) is 21.5. The summed E-state index contributed by atoms with van der Waals surface area (Å²) < 4.78 is 65.4. The van der Waals surface area contributed by atoms with Crippen LogP contribution in [0, 0.1) is 5.82 Å². The van der Waals surface area contributed by atoms with E-state index in [4.69, 9.17) is 4.74 Å². The van der Waals surface area contributed by atoms with Crippen molar-refractivity contribution in [2.45, 2.75) is 36.5 Å². The first-order valence-electron chi connectivity index (χ1n) is 11.0. The van der Waals surface area contributed by atoms with Crippen molar-refractivity contribution in [3.05, 3.63) is 95.9 Å². The Hall–Kier alpha value is -2.85. The third kappa shape index (κ3) is 4.81. The van der Waals surface area contributed by atoms with E-state index in [9.17, 15) is 13.0 Å². The van der Waals surface area contributed by atoms with Crippen molar-refractivity contribution in [1.82, 2.24) is 8.69 Å². The summed E-state index contributed by atoms with van der Waals surface area (Å²) in [5.41, 5.74) is 0.714. The van der Waals surface area contributed by atoms with E-state index in [2.05, 4.69) is 4.72 Å². The number of hydrogen-bond acceptors (Lipinski definition) is 5. The number of nitrogens with one attached hydrogen (secondary N) is 1. The first-order chi connectivity index (χ1) is 16.6. The summed E-state index contributed by atoms with van der Waals surface area (Å²) in [6.45, 7) is 5.34. The smallest absolute Gasteiger partial charge is 0.268 e. The minimum atomic E-state index is -4.10. The highest BCUT2D eigenvalue weighted by molar-refractivity contribution is 7.91. The van der Waals surface area contributed by atoms with Gasteiger partial charge in [-0.2, -0.15) is 0 Å². The maximum absolute atomic E-state index is 15.3. The first kappa shape index (κ1) is 25.2. The summed E-state index contributed by atoms with van der Waals surface area (Å²) in [4.78, 5) is 0.0822. The normalized spacial score (nSPS) is 14.1. The molecule has 2 atom stereocenters. The third-order valence-electron chi connectivity index (χ3n) is 5.57. The van der Waals surface area contributed by atoms with Gasteiger partial charge in [-0.1, -0.05) is 42.5 Å². The molecule has 184 valence electrons. The number of methoxy groups -OCH3 is 1. The Morgan fingerprint density at radius 3 is 2.31 bits per heavy atom. The van der Waals surface area contributed by atoms with Crippen molar-refractivity contribution in [2.24, 2.45) is 0 Å². The summed E-state index contributed by atoms with van der Waals surface area (Å²) in [5.74, 6) is -0.399. The van der Waals surface area contributed by atoms with Gasteiger partial charge in [0.1, 0.15) is 22.4 Å². The van der Waals surface area contributed by atoms with Gasteiger partial charge in [0.2, 0.25) is 0 Å². The molecule has 0 radical (unpaired) electrons. The molecule has 4 rings (SSSR count). The minimum Gasteiger partial charge on any atom is -0.598 e. The van der Waals surface area contributed by atoms with Gasteiger partial charge in [0.25, 0.3) is 10.0 Å². The Bertz CT molecular complexity index is 1450. The highest BCUT2D eigenvalue weighted by Crippen LogP contribution is 2.38. The SMILES string of the molecule is COc1cccc(F)c1C(N[S@@+]([O-])C(C)(C)C)c1cc2ccccc2n1S(=O)(=O)c1ccccc1. The minimum absolute atomic E-state index is 0.0694. The number of benzene rings is 3. The van der Waals surface area contributed by atoms with E-state index in [1.54, 1.807) is 75.4 Å². The second kappa shape index (κ2) is 9.66. The molecule has 0 saturated carbocycles. The van der Waals surface area contributed by atoms with E-state index in [0.717, 1.165) is 0 Å². The lowest BCUT2D eigenvalue weighted by atomic mass is 10.0. The molecular weight excluding hydrogens is 487 g/mol. The molecule has 0 spiro atoms. The molecule has 0 aliphatic heterocycles. The van der Waals surface area contributed by atoms with Crippen LogP contribution in [0.15, 0.2) is 83.8 Å². The van der Waals surface area contributed by atoms with Gasteiger partial charge in [-0.05, 0) is 57.2 Å². The number of nitrogens with zero attached hydrogens (tertiary/aromatic N) is 1. The van der Waals surface area contributed by atoms with E-state index >= 15 is 4.39 Å². The maximum Gasteiger partial charge on any atom is 0.268 e. The monoisotopic (exact) mass is 514 g/mol. The number of hydrogen-bond donors (Lipinski definition) is 1. The predicted molar refractivity (Wildman–Crippen MR) is 137 cm³/mol. The topological polar surface area (TPSA) is 83.4 Å². The van der Waals surface area contributed by atoms with E-state index in [-0.39, 0.29) is 21.9 Å². The summed E-state index contributed by atoms with van der Waals surface area (Å²) in [5, 5.41) is 0.644. The summed E-state index contributed by atoms with van der Waals surface area (Å²) >= 11 is -1.67. The van der Waals surface area contributed by atoms with E-state index in [1.807, 2.05) is 0 Å². The van der Waals surface area contributed by atoms with Gasteiger partial charge >= 0.3 is 0 Å². The van der Waals surface area contributed by atoms with E-state index < -0.39 is 38.0 Å². The molecule has 1 aromatic heterocycles. The van der Waals surface area contributed by atoms with Gasteiger partial charge in [0, 0.05) is 16.7 Å². The molecule has 0 fully saturated rings. The Labute approximate surface area is 208 Å². The quantitative estimate of drug-likeness (QED) is 0.344. The molecule has 4 aromatic rings. The molecule has 0 amide bonds. The lowest BCUT2D eigenvalue weighted by Gasteiger charge is -2.29. The van der Waals surface area contributed by atoms with Crippen LogP contribution in [0.5, 0.6) is 5.75 Å². The Kier molecular flexibility index (Phi) is 6.97. The number of ether oxygens (including phenoxy) is 1. The lowest BCUT2D eigenvalue weighted by molar-refractivity contribution is 0.399. The summed E-state index contributed by atoms with van der Waals surface area (Å²) in [7, 11) is -2.69. The van der Waals surface area contributed by atoms with Crippen molar-refractivity contribution < 1.29 is 22.1 Å². The van der Waals surface area contributed by atoms with Gasteiger partial charge in [0.15, 0.2) is 0 Å². The van der Waals surface area contributed by atoms with Crippen LogP contribution in [0.3, 0.4) is 0 Å². The molecule has 0 bridgehead atoms. The van der Waals surface area contributed by atoms with Crippen LogP contribution in [0.4, 0.5) is 4.39 Å². The molecular formula is C26H27FN2O4S2. The van der Waals surface area contributed by atoms with Crippen molar-refractivity contribution in [3.63, 3.8) is 0 Å². The molecule has 35 heavy (non-hydrogen) atoms. The van der Waals surface area contributed by atoms with Gasteiger partial charge in [0.05, 0.1) is 28.8 Å². The number of aromatic nitrogens is 1. The molecule has 1 unspecified atom stereocenters. The van der Waals surface area contributed by atoms with Crippen LogP contribution in [-0.4, -0.2) is 28.8 Å². The van der Waals surface area contributed by atoms with Gasteiger partial charge < -0.3 is 9.29 Å². The molecule has 0 aliphatic carbocycles. The second-order valence-corrected chi connectivity index (χ2v) is 12.8. The number of para-hydroxylation sites is 1. The first-order valence-corrected chi connectivity index (χ1v) is 13.6. The number of rotatable bonds is 7. The summed E-state index contributed by atoms with van der Waals surface area (Å²) in [6.07, 6.45) is 0. The van der Waals surface area contributed by atoms with Crippen molar-refractivity contribution >= 4 is 32.3 Å². The van der Waals surface area contributed by atoms with Gasteiger partial charge in [-0.3, -0.25) is 0 Å². The van der Waals surface area contributed by atoms with Crippen molar-refractivity contribution in [1.29, 1.82) is 0 Å².